The van der Waals surface area contributed by atoms with Crippen molar-refractivity contribution in [1.29, 1.82) is 0 Å². The predicted octanol–water partition coefficient (Wildman–Crippen LogP) is 3.37. The van der Waals surface area contributed by atoms with Crippen LogP contribution in [0.2, 0.25) is 0 Å². The Bertz CT molecular complexity index is 696. The van der Waals surface area contributed by atoms with Crippen molar-refractivity contribution in [3.8, 4) is 0 Å². The number of aliphatic imine (C=N–C) groups is 1. The summed E-state index contributed by atoms with van der Waals surface area (Å²) in [5, 5.41) is 10.8. The highest BCUT2D eigenvalue weighted by Gasteiger charge is 2.11. The van der Waals surface area contributed by atoms with E-state index in [1.54, 1.807) is 0 Å². The number of hydrogen-bond donors (Lipinski definition) is 2. The minimum atomic E-state index is 0.360. The highest BCUT2D eigenvalue weighted by molar-refractivity contribution is 5.79. The molecule has 0 saturated carbocycles. The monoisotopic (exact) mass is 371 g/mol. The molecule has 1 atom stereocenters. The van der Waals surface area contributed by atoms with Gasteiger partial charge in [0.15, 0.2) is 11.7 Å². The first kappa shape index (κ1) is 21.0. The first-order valence-electron chi connectivity index (χ1n) is 9.71. The first-order valence-corrected chi connectivity index (χ1v) is 9.71. The smallest absolute Gasteiger partial charge is 0.191 e. The number of guanidine groups is 1. The standard InChI is InChI=1S/C21H33N5O/c1-6-22-21(24-14-19-12-20(16(2)3)25-27-19)23-13-17(4)26(5)15-18-10-8-7-9-11-18/h7-12,16-17H,6,13-15H2,1-5H3,(H2,22,23,24). The van der Waals surface area contributed by atoms with Gasteiger partial charge in [0, 0.05) is 31.7 Å². The van der Waals surface area contributed by atoms with Gasteiger partial charge in [-0.05, 0) is 32.4 Å². The molecule has 0 fully saturated rings. The SMILES string of the molecule is CCNC(=NCc1cc(C(C)C)no1)NCC(C)N(C)Cc1ccccc1. The molecule has 0 radical (unpaired) electrons. The molecule has 0 amide bonds. The molecule has 0 aliphatic heterocycles. The molecule has 0 aliphatic rings. The van der Waals surface area contributed by atoms with E-state index in [9.17, 15) is 0 Å². The van der Waals surface area contributed by atoms with E-state index in [0.717, 1.165) is 37.0 Å². The summed E-state index contributed by atoms with van der Waals surface area (Å²) in [5.41, 5.74) is 2.29. The summed E-state index contributed by atoms with van der Waals surface area (Å²) in [5.74, 6) is 1.93. The number of nitrogens with zero attached hydrogens (tertiary/aromatic N) is 3. The van der Waals surface area contributed by atoms with Crippen LogP contribution in [-0.4, -0.2) is 42.2 Å². The quantitative estimate of drug-likeness (QED) is 0.523. The minimum absolute atomic E-state index is 0.360. The summed E-state index contributed by atoms with van der Waals surface area (Å²) in [6.07, 6.45) is 0. The van der Waals surface area contributed by atoms with Crippen LogP contribution in [0.1, 0.15) is 50.6 Å². The summed E-state index contributed by atoms with van der Waals surface area (Å²) >= 11 is 0. The van der Waals surface area contributed by atoms with E-state index in [2.05, 4.69) is 84.7 Å². The van der Waals surface area contributed by atoms with E-state index in [0.29, 0.717) is 18.5 Å². The van der Waals surface area contributed by atoms with Gasteiger partial charge in [-0.3, -0.25) is 4.90 Å². The second-order valence-electron chi connectivity index (χ2n) is 7.20. The number of benzene rings is 1. The maximum absolute atomic E-state index is 5.36. The molecule has 27 heavy (non-hydrogen) atoms. The molecule has 1 heterocycles. The number of nitrogens with one attached hydrogen (secondary N) is 2. The normalized spacial score (nSPS) is 13.2. The fraction of sp³-hybridized carbons (Fsp3) is 0.524. The lowest BCUT2D eigenvalue weighted by Gasteiger charge is -2.25. The van der Waals surface area contributed by atoms with Crippen molar-refractivity contribution in [2.45, 2.75) is 52.7 Å². The van der Waals surface area contributed by atoms with E-state index in [1.165, 1.54) is 5.56 Å². The molecule has 0 bridgehead atoms. The molecule has 1 aromatic carbocycles. The summed E-state index contributed by atoms with van der Waals surface area (Å²) in [6.45, 7) is 11.5. The summed E-state index contributed by atoms with van der Waals surface area (Å²) in [4.78, 5) is 6.94. The van der Waals surface area contributed by atoms with Crippen molar-refractivity contribution < 1.29 is 4.52 Å². The van der Waals surface area contributed by atoms with Crippen molar-refractivity contribution >= 4 is 5.96 Å². The van der Waals surface area contributed by atoms with Crippen molar-refractivity contribution in [2.24, 2.45) is 4.99 Å². The van der Waals surface area contributed by atoms with E-state index in [4.69, 9.17) is 4.52 Å². The summed E-state index contributed by atoms with van der Waals surface area (Å²) < 4.78 is 5.36. The van der Waals surface area contributed by atoms with Gasteiger partial charge < -0.3 is 15.2 Å². The fourth-order valence-corrected chi connectivity index (χ4v) is 2.60. The Balaban J connectivity index is 1.86. The molecule has 0 aliphatic carbocycles. The zero-order valence-corrected chi connectivity index (χ0v) is 17.2. The van der Waals surface area contributed by atoms with Crippen molar-refractivity contribution in [1.82, 2.24) is 20.7 Å². The predicted molar refractivity (Wildman–Crippen MR) is 111 cm³/mol. The number of hydrogen-bond acceptors (Lipinski definition) is 4. The van der Waals surface area contributed by atoms with Gasteiger partial charge in [-0.2, -0.15) is 0 Å². The third-order valence-electron chi connectivity index (χ3n) is 4.50. The summed E-state index contributed by atoms with van der Waals surface area (Å²) in [6, 6.07) is 12.9. The Morgan fingerprint density at radius 2 is 1.93 bits per heavy atom. The van der Waals surface area contributed by atoms with Crippen LogP contribution >= 0.6 is 0 Å². The molecule has 6 heteroatoms. The van der Waals surface area contributed by atoms with Gasteiger partial charge in [0.05, 0.1) is 5.69 Å². The highest BCUT2D eigenvalue weighted by Crippen LogP contribution is 2.14. The topological polar surface area (TPSA) is 65.7 Å². The Morgan fingerprint density at radius 3 is 2.56 bits per heavy atom. The van der Waals surface area contributed by atoms with Crippen LogP contribution in [0.5, 0.6) is 0 Å². The Morgan fingerprint density at radius 1 is 1.19 bits per heavy atom. The van der Waals surface area contributed by atoms with Gasteiger partial charge in [0.25, 0.3) is 0 Å². The van der Waals surface area contributed by atoms with Gasteiger partial charge in [0.1, 0.15) is 6.54 Å². The number of rotatable bonds is 9. The van der Waals surface area contributed by atoms with Gasteiger partial charge in [-0.1, -0.05) is 49.3 Å². The van der Waals surface area contributed by atoms with E-state index in [1.807, 2.05) is 12.1 Å². The van der Waals surface area contributed by atoms with Gasteiger partial charge in [0.2, 0.25) is 0 Å². The van der Waals surface area contributed by atoms with E-state index < -0.39 is 0 Å². The molecule has 1 unspecified atom stereocenters. The molecule has 148 valence electrons. The Hall–Kier alpha value is -2.34. The Kier molecular flexibility index (Phi) is 8.33. The molecule has 2 rings (SSSR count). The van der Waals surface area contributed by atoms with E-state index >= 15 is 0 Å². The van der Waals surface area contributed by atoms with Crippen LogP contribution in [0.4, 0.5) is 0 Å². The molecule has 2 aromatic rings. The average Bonchev–Trinajstić information content (AvgIpc) is 3.14. The minimum Gasteiger partial charge on any atom is -0.359 e. The van der Waals surface area contributed by atoms with Crippen LogP contribution in [-0.2, 0) is 13.1 Å². The fourth-order valence-electron chi connectivity index (χ4n) is 2.60. The third kappa shape index (κ3) is 7.06. The lowest BCUT2D eigenvalue weighted by Crippen LogP contribution is -2.44. The van der Waals surface area contributed by atoms with Gasteiger partial charge in [-0.25, -0.2) is 4.99 Å². The zero-order chi connectivity index (χ0) is 19.6. The van der Waals surface area contributed by atoms with Crippen molar-refractivity contribution in [3.63, 3.8) is 0 Å². The maximum Gasteiger partial charge on any atom is 0.191 e. The number of likely N-dealkylation sites (N-methyl/N-ethyl adjacent to an activating group) is 1. The lowest BCUT2D eigenvalue weighted by atomic mass is 10.1. The Labute approximate surface area is 163 Å². The molecule has 2 N–H and O–H groups in total. The second-order valence-corrected chi connectivity index (χ2v) is 7.20. The summed E-state index contributed by atoms with van der Waals surface area (Å²) in [7, 11) is 2.14. The zero-order valence-electron chi connectivity index (χ0n) is 17.2. The molecule has 1 aromatic heterocycles. The average molecular weight is 372 g/mol. The molecule has 0 saturated heterocycles. The second kappa shape index (κ2) is 10.7. The first-order chi connectivity index (χ1) is 13.0. The van der Waals surface area contributed by atoms with E-state index in [-0.39, 0.29) is 0 Å². The van der Waals surface area contributed by atoms with Crippen LogP contribution in [0, 0.1) is 0 Å². The van der Waals surface area contributed by atoms with Crippen LogP contribution < -0.4 is 10.6 Å². The van der Waals surface area contributed by atoms with Crippen LogP contribution in [0.3, 0.4) is 0 Å². The van der Waals surface area contributed by atoms with Crippen molar-refractivity contribution in [2.75, 3.05) is 20.1 Å². The maximum atomic E-state index is 5.36. The van der Waals surface area contributed by atoms with Gasteiger partial charge in [-0.15, -0.1) is 0 Å². The molecule has 6 nitrogen and oxygen atoms in total. The molecular weight excluding hydrogens is 338 g/mol. The molecular formula is C21H33N5O. The van der Waals surface area contributed by atoms with Crippen molar-refractivity contribution in [3.05, 3.63) is 53.4 Å². The highest BCUT2D eigenvalue weighted by atomic mass is 16.5. The van der Waals surface area contributed by atoms with Crippen LogP contribution in [0.25, 0.3) is 0 Å². The van der Waals surface area contributed by atoms with Crippen LogP contribution in [0.15, 0.2) is 45.9 Å². The number of aromatic nitrogens is 1. The lowest BCUT2D eigenvalue weighted by molar-refractivity contribution is 0.249. The third-order valence-corrected chi connectivity index (χ3v) is 4.50. The van der Waals surface area contributed by atoms with Gasteiger partial charge >= 0.3 is 0 Å². The largest absolute Gasteiger partial charge is 0.359 e. The molecule has 0 spiro atoms.